The van der Waals surface area contributed by atoms with Crippen LogP contribution in [-0.2, 0) is 22.6 Å². The average molecular weight is 516 g/mol. The van der Waals surface area contributed by atoms with Gasteiger partial charge in [-0.2, -0.15) is 0 Å². The number of ether oxygens (including phenoxy) is 1. The maximum atomic E-state index is 14.1. The van der Waals surface area contributed by atoms with Crippen LogP contribution in [0.1, 0.15) is 54.1 Å². The number of aromatic nitrogens is 1. The van der Waals surface area contributed by atoms with E-state index in [1.165, 1.54) is 6.42 Å². The summed E-state index contributed by atoms with van der Waals surface area (Å²) in [4.78, 5) is 34.0. The summed E-state index contributed by atoms with van der Waals surface area (Å²) in [5.41, 5.74) is 2.67. The Hall–Kier alpha value is -3.58. The molecule has 2 heterocycles. The number of carbonyl (C=O) groups excluding carboxylic acids is 2. The normalized spacial score (nSPS) is 14.8. The summed E-state index contributed by atoms with van der Waals surface area (Å²) in [7, 11) is 1.61. The van der Waals surface area contributed by atoms with Crippen molar-refractivity contribution in [3.8, 4) is 5.75 Å². The molecule has 1 fully saturated rings. The van der Waals surface area contributed by atoms with Gasteiger partial charge in [0.25, 0.3) is 0 Å². The van der Waals surface area contributed by atoms with Crippen LogP contribution in [0.3, 0.4) is 0 Å². The monoisotopic (exact) mass is 515 g/mol. The van der Waals surface area contributed by atoms with Crippen molar-refractivity contribution < 1.29 is 14.3 Å². The number of nitrogens with one attached hydrogen (secondary N) is 2. The number of benzene rings is 2. The van der Waals surface area contributed by atoms with E-state index in [4.69, 9.17) is 4.74 Å². The third-order valence-corrected chi connectivity index (χ3v) is 8.03. The fourth-order valence-electron chi connectivity index (χ4n) is 5.25. The highest BCUT2D eigenvalue weighted by Crippen LogP contribution is 2.30. The zero-order chi connectivity index (χ0) is 25.6. The summed E-state index contributed by atoms with van der Waals surface area (Å²) in [6.07, 6.45) is 7.50. The van der Waals surface area contributed by atoms with Gasteiger partial charge in [0.15, 0.2) is 0 Å². The molecule has 2 N–H and O–H groups in total. The van der Waals surface area contributed by atoms with Gasteiger partial charge in [-0.25, -0.2) is 0 Å². The van der Waals surface area contributed by atoms with Gasteiger partial charge in [0, 0.05) is 28.0 Å². The number of amides is 2. The van der Waals surface area contributed by atoms with Crippen molar-refractivity contribution in [2.75, 3.05) is 7.11 Å². The van der Waals surface area contributed by atoms with Crippen LogP contribution < -0.4 is 10.1 Å². The van der Waals surface area contributed by atoms with Crippen LogP contribution in [0, 0.1) is 0 Å². The zero-order valence-electron chi connectivity index (χ0n) is 21.1. The van der Waals surface area contributed by atoms with Gasteiger partial charge in [-0.05, 0) is 53.6 Å². The molecule has 0 bridgehead atoms. The summed E-state index contributed by atoms with van der Waals surface area (Å²) in [5.74, 6) is 0.432. The second-order valence-corrected chi connectivity index (χ2v) is 10.7. The summed E-state index contributed by atoms with van der Waals surface area (Å²) in [5, 5.41) is 6.31. The maximum absolute atomic E-state index is 14.1. The van der Waals surface area contributed by atoms with E-state index in [1.54, 1.807) is 23.3 Å². The first-order valence-corrected chi connectivity index (χ1v) is 13.8. The lowest BCUT2D eigenvalue weighted by Crippen LogP contribution is -2.47. The molecule has 7 heteroatoms. The van der Waals surface area contributed by atoms with Crippen LogP contribution in [0.25, 0.3) is 10.9 Å². The van der Waals surface area contributed by atoms with Gasteiger partial charge in [-0.15, -0.1) is 11.3 Å². The highest BCUT2D eigenvalue weighted by Gasteiger charge is 2.33. The molecule has 1 saturated carbocycles. The summed E-state index contributed by atoms with van der Waals surface area (Å²) < 4.78 is 5.48. The molecule has 5 rings (SSSR count). The molecule has 0 saturated heterocycles. The Kier molecular flexibility index (Phi) is 7.90. The van der Waals surface area contributed by atoms with Crippen LogP contribution in [0.15, 0.2) is 72.2 Å². The number of hydrogen-bond acceptors (Lipinski definition) is 4. The number of methoxy groups -OCH3 is 1. The molecule has 0 aliphatic heterocycles. The molecule has 2 aromatic carbocycles. The Bertz CT molecular complexity index is 1340. The number of para-hydroxylation sites is 1. The number of H-pyrrole nitrogens is 1. The van der Waals surface area contributed by atoms with Gasteiger partial charge >= 0.3 is 0 Å². The first-order valence-electron chi connectivity index (χ1n) is 12.9. The highest BCUT2D eigenvalue weighted by molar-refractivity contribution is 7.09. The van der Waals surface area contributed by atoms with Gasteiger partial charge in [-0.3, -0.25) is 9.59 Å². The lowest BCUT2D eigenvalue weighted by molar-refractivity contribution is -0.141. The first kappa shape index (κ1) is 25.1. The number of nitrogens with zero attached hydrogens (tertiary/aromatic N) is 1. The molecule has 1 atom stereocenters. The first-order chi connectivity index (χ1) is 18.1. The largest absolute Gasteiger partial charge is 0.497 e. The van der Waals surface area contributed by atoms with Crippen molar-refractivity contribution in [3.05, 3.63) is 88.2 Å². The molecule has 0 radical (unpaired) electrons. The van der Waals surface area contributed by atoms with Crippen LogP contribution in [0.4, 0.5) is 0 Å². The fourth-order valence-corrected chi connectivity index (χ4v) is 5.95. The van der Waals surface area contributed by atoms with Gasteiger partial charge in [0.1, 0.15) is 11.8 Å². The van der Waals surface area contributed by atoms with Gasteiger partial charge in [0.2, 0.25) is 11.8 Å². The van der Waals surface area contributed by atoms with Gasteiger partial charge in [-0.1, -0.05) is 55.7 Å². The summed E-state index contributed by atoms with van der Waals surface area (Å²) >= 11 is 1.59. The fraction of sp³-hybridized carbons (Fsp3) is 0.333. The smallest absolute Gasteiger partial charge is 0.247 e. The molecular weight excluding hydrogens is 482 g/mol. The van der Waals surface area contributed by atoms with Crippen LogP contribution in [0.2, 0.25) is 0 Å². The Morgan fingerprint density at radius 2 is 1.92 bits per heavy atom. The standard InChI is InChI=1S/C30H33N3O3S/c1-36-24-12-7-9-21(17-24)29(30(35)32-23-10-3-2-4-11-23)33(20-25-13-8-16-37-25)28(34)18-22-19-31-27-15-6-5-14-26(22)27/h5-9,12-17,19,23,29,31H,2-4,10-11,18,20H2,1H3,(H,32,35). The number of thiophene rings is 1. The Balaban J connectivity index is 1.51. The molecule has 0 spiro atoms. The lowest BCUT2D eigenvalue weighted by Gasteiger charge is -2.33. The van der Waals surface area contributed by atoms with Crippen LogP contribution in [-0.4, -0.2) is 34.8 Å². The average Bonchev–Trinajstić information content (AvgIpc) is 3.59. The summed E-state index contributed by atoms with van der Waals surface area (Å²) in [6, 6.07) is 18.9. The van der Waals surface area contributed by atoms with E-state index in [-0.39, 0.29) is 24.3 Å². The predicted molar refractivity (Wildman–Crippen MR) is 148 cm³/mol. The SMILES string of the molecule is COc1cccc(C(C(=O)NC2CCCCC2)N(Cc2cccs2)C(=O)Cc2c[nH]c3ccccc23)c1. The maximum Gasteiger partial charge on any atom is 0.247 e. The van der Waals surface area contributed by atoms with E-state index in [1.807, 2.05) is 72.2 Å². The van der Waals surface area contributed by atoms with E-state index < -0.39 is 6.04 Å². The van der Waals surface area contributed by atoms with E-state index in [0.29, 0.717) is 12.3 Å². The minimum Gasteiger partial charge on any atom is -0.497 e. The molecule has 6 nitrogen and oxygen atoms in total. The molecule has 1 aliphatic carbocycles. The van der Waals surface area contributed by atoms with Crippen molar-refractivity contribution in [3.63, 3.8) is 0 Å². The number of fused-ring (bicyclic) bond motifs is 1. The van der Waals surface area contributed by atoms with E-state index in [0.717, 1.165) is 52.6 Å². The number of rotatable bonds is 9. The minimum atomic E-state index is -0.767. The Morgan fingerprint density at radius 3 is 2.70 bits per heavy atom. The third-order valence-electron chi connectivity index (χ3n) is 7.16. The predicted octanol–water partition coefficient (Wildman–Crippen LogP) is 6.00. The molecule has 1 unspecified atom stereocenters. The van der Waals surface area contributed by atoms with Crippen molar-refractivity contribution >= 4 is 34.1 Å². The molecule has 2 aromatic heterocycles. The Morgan fingerprint density at radius 1 is 1.08 bits per heavy atom. The minimum absolute atomic E-state index is 0.0928. The molecule has 1 aliphatic rings. The zero-order valence-corrected chi connectivity index (χ0v) is 21.9. The van der Waals surface area contributed by atoms with E-state index >= 15 is 0 Å². The molecule has 4 aromatic rings. The number of hydrogen-bond donors (Lipinski definition) is 2. The number of carbonyl (C=O) groups is 2. The summed E-state index contributed by atoms with van der Waals surface area (Å²) in [6.45, 7) is 0.360. The van der Waals surface area contributed by atoms with Gasteiger partial charge < -0.3 is 19.9 Å². The van der Waals surface area contributed by atoms with Crippen molar-refractivity contribution in [2.45, 2.75) is 57.2 Å². The van der Waals surface area contributed by atoms with Crippen molar-refractivity contribution in [2.24, 2.45) is 0 Å². The second-order valence-electron chi connectivity index (χ2n) is 9.66. The lowest BCUT2D eigenvalue weighted by atomic mass is 9.94. The molecular formula is C30H33N3O3S. The molecule has 192 valence electrons. The third kappa shape index (κ3) is 5.88. The van der Waals surface area contributed by atoms with E-state index in [9.17, 15) is 9.59 Å². The topological polar surface area (TPSA) is 74.4 Å². The Labute approximate surface area is 221 Å². The van der Waals surface area contributed by atoms with Crippen LogP contribution in [0.5, 0.6) is 5.75 Å². The van der Waals surface area contributed by atoms with Crippen LogP contribution >= 0.6 is 11.3 Å². The van der Waals surface area contributed by atoms with E-state index in [2.05, 4.69) is 10.3 Å². The van der Waals surface area contributed by atoms with Gasteiger partial charge in [0.05, 0.1) is 20.1 Å². The van der Waals surface area contributed by atoms with Crippen molar-refractivity contribution in [1.29, 1.82) is 0 Å². The second kappa shape index (κ2) is 11.6. The molecule has 2 amide bonds. The number of aromatic amines is 1. The quantitative estimate of drug-likeness (QED) is 0.287. The van der Waals surface area contributed by atoms with Crippen molar-refractivity contribution in [1.82, 2.24) is 15.2 Å². The molecule has 37 heavy (non-hydrogen) atoms. The highest BCUT2D eigenvalue weighted by atomic mass is 32.1.